The molecule has 0 atom stereocenters. The molecule has 0 bridgehead atoms. The summed E-state index contributed by atoms with van der Waals surface area (Å²) in [6.45, 7) is 0. The Morgan fingerprint density at radius 1 is 1.13 bits per heavy atom. The van der Waals surface area contributed by atoms with Crippen LogP contribution in [-0.4, -0.2) is 4.98 Å². The van der Waals surface area contributed by atoms with Crippen molar-refractivity contribution in [3.63, 3.8) is 0 Å². The molecule has 0 aliphatic carbocycles. The minimum absolute atomic E-state index is 0.236. The van der Waals surface area contributed by atoms with E-state index < -0.39 is 0 Å². The van der Waals surface area contributed by atoms with Crippen molar-refractivity contribution >= 4 is 11.6 Å². The topological polar surface area (TPSA) is 12.9 Å². The highest BCUT2D eigenvalue weighted by atomic mass is 35.5. The second-order valence-corrected chi connectivity index (χ2v) is 3.44. The highest BCUT2D eigenvalue weighted by Crippen LogP contribution is 2.24. The summed E-state index contributed by atoms with van der Waals surface area (Å²) in [4.78, 5) is 4.00. The first-order chi connectivity index (χ1) is 7.31. The van der Waals surface area contributed by atoms with Crippen molar-refractivity contribution in [2.75, 3.05) is 0 Å². The van der Waals surface area contributed by atoms with Gasteiger partial charge in [-0.2, -0.15) is 0 Å². The summed E-state index contributed by atoms with van der Waals surface area (Å²) in [7, 11) is 0. The Bertz CT molecular complexity index is 453. The lowest BCUT2D eigenvalue weighted by Crippen LogP contribution is -1.87. The van der Waals surface area contributed by atoms with Gasteiger partial charge in [0.25, 0.3) is 0 Å². The van der Waals surface area contributed by atoms with Gasteiger partial charge in [0.1, 0.15) is 5.82 Å². The molecule has 0 spiro atoms. The molecule has 15 heavy (non-hydrogen) atoms. The van der Waals surface area contributed by atoms with E-state index in [0.717, 1.165) is 16.7 Å². The summed E-state index contributed by atoms with van der Waals surface area (Å²) in [5.74, 6) is 0.167. The minimum Gasteiger partial charge on any atom is -0.264 e. The number of halogens is 2. The van der Waals surface area contributed by atoms with E-state index >= 15 is 0 Å². The zero-order chi connectivity index (χ0) is 10.7. The Balaban J connectivity index is 2.49. The summed E-state index contributed by atoms with van der Waals surface area (Å²) in [6.07, 6.45) is 3.43. The van der Waals surface area contributed by atoms with Crippen LogP contribution in [0.25, 0.3) is 11.1 Å². The zero-order valence-electron chi connectivity index (χ0n) is 7.95. The fourth-order valence-corrected chi connectivity index (χ4v) is 1.66. The van der Waals surface area contributed by atoms with Crippen LogP contribution in [0.15, 0.2) is 42.7 Å². The molecule has 76 valence electrons. The van der Waals surface area contributed by atoms with Gasteiger partial charge in [0, 0.05) is 18.3 Å². The number of alkyl halides is 1. The van der Waals surface area contributed by atoms with Crippen LogP contribution in [0.1, 0.15) is 5.56 Å². The van der Waals surface area contributed by atoms with Crippen molar-refractivity contribution < 1.29 is 4.39 Å². The number of aromatic nitrogens is 1. The lowest BCUT2D eigenvalue weighted by Gasteiger charge is -2.05. The molecular weight excluding hydrogens is 213 g/mol. The number of pyridine rings is 1. The third kappa shape index (κ3) is 2.16. The fraction of sp³-hybridized carbons (Fsp3) is 0.0833. The second-order valence-electron chi connectivity index (χ2n) is 3.17. The second kappa shape index (κ2) is 4.41. The minimum atomic E-state index is -0.236. The van der Waals surface area contributed by atoms with Gasteiger partial charge in [-0.05, 0) is 34.9 Å². The van der Waals surface area contributed by atoms with Gasteiger partial charge in [0.2, 0.25) is 0 Å². The molecule has 1 nitrogen and oxygen atoms in total. The van der Waals surface area contributed by atoms with E-state index in [1.807, 2.05) is 6.07 Å². The van der Waals surface area contributed by atoms with Crippen molar-refractivity contribution in [2.24, 2.45) is 0 Å². The van der Waals surface area contributed by atoms with Gasteiger partial charge in [0.15, 0.2) is 0 Å². The molecule has 0 unspecified atom stereocenters. The quantitative estimate of drug-likeness (QED) is 0.706. The van der Waals surface area contributed by atoms with Gasteiger partial charge < -0.3 is 0 Å². The van der Waals surface area contributed by atoms with Crippen LogP contribution < -0.4 is 0 Å². The molecule has 0 fully saturated rings. The molecule has 2 rings (SSSR count). The van der Waals surface area contributed by atoms with Crippen LogP contribution in [0.3, 0.4) is 0 Å². The Hall–Kier alpha value is -1.41. The van der Waals surface area contributed by atoms with Crippen LogP contribution in [0.5, 0.6) is 0 Å². The molecular formula is C12H9ClFN. The summed E-state index contributed by atoms with van der Waals surface area (Å²) >= 11 is 5.80. The SMILES string of the molecule is Fc1ccc(-c2ccncc2CCl)cc1. The zero-order valence-corrected chi connectivity index (χ0v) is 8.71. The molecule has 1 aromatic carbocycles. The molecule has 0 aliphatic rings. The molecule has 3 heteroatoms. The smallest absolute Gasteiger partial charge is 0.123 e. The molecule has 0 aliphatic heterocycles. The van der Waals surface area contributed by atoms with Crippen molar-refractivity contribution in [1.82, 2.24) is 4.98 Å². The van der Waals surface area contributed by atoms with Gasteiger partial charge in [-0.15, -0.1) is 11.6 Å². The van der Waals surface area contributed by atoms with Crippen LogP contribution >= 0.6 is 11.6 Å². The average molecular weight is 222 g/mol. The molecule has 1 heterocycles. The van der Waals surface area contributed by atoms with Gasteiger partial charge >= 0.3 is 0 Å². The normalized spacial score (nSPS) is 10.3. The van der Waals surface area contributed by atoms with Gasteiger partial charge in [-0.1, -0.05) is 12.1 Å². The largest absolute Gasteiger partial charge is 0.264 e. The number of hydrogen-bond donors (Lipinski definition) is 0. The number of nitrogens with zero attached hydrogens (tertiary/aromatic N) is 1. The van der Waals surface area contributed by atoms with E-state index in [9.17, 15) is 4.39 Å². The molecule has 1 aromatic heterocycles. The highest BCUT2D eigenvalue weighted by Gasteiger charge is 2.03. The van der Waals surface area contributed by atoms with E-state index in [4.69, 9.17) is 11.6 Å². The van der Waals surface area contributed by atoms with E-state index in [0.29, 0.717) is 5.88 Å². The van der Waals surface area contributed by atoms with Crippen molar-refractivity contribution in [1.29, 1.82) is 0 Å². The van der Waals surface area contributed by atoms with Crippen molar-refractivity contribution in [3.05, 3.63) is 54.1 Å². The Morgan fingerprint density at radius 3 is 2.53 bits per heavy atom. The summed E-state index contributed by atoms with van der Waals surface area (Å²) in [6, 6.07) is 8.23. The van der Waals surface area contributed by atoms with Crippen molar-refractivity contribution in [3.8, 4) is 11.1 Å². The number of hydrogen-bond acceptors (Lipinski definition) is 1. The molecule has 0 saturated heterocycles. The van der Waals surface area contributed by atoms with Crippen LogP contribution in [0.2, 0.25) is 0 Å². The van der Waals surface area contributed by atoms with Gasteiger partial charge in [-0.25, -0.2) is 4.39 Å². The standard InChI is InChI=1S/C12H9ClFN/c13-7-10-8-15-6-5-12(10)9-1-3-11(14)4-2-9/h1-6,8H,7H2. The Morgan fingerprint density at radius 2 is 1.87 bits per heavy atom. The van der Waals surface area contributed by atoms with Gasteiger partial charge in [-0.3, -0.25) is 4.98 Å². The Kier molecular flexibility index (Phi) is 2.97. The first-order valence-electron chi connectivity index (χ1n) is 4.56. The Labute approximate surface area is 92.5 Å². The van der Waals surface area contributed by atoms with E-state index in [1.165, 1.54) is 12.1 Å². The van der Waals surface area contributed by atoms with Crippen LogP contribution in [-0.2, 0) is 5.88 Å². The predicted octanol–water partition coefficient (Wildman–Crippen LogP) is 3.63. The number of benzene rings is 1. The molecule has 0 amide bonds. The highest BCUT2D eigenvalue weighted by molar-refractivity contribution is 6.17. The van der Waals surface area contributed by atoms with E-state index in [2.05, 4.69) is 4.98 Å². The maximum Gasteiger partial charge on any atom is 0.123 e. The summed E-state index contributed by atoms with van der Waals surface area (Å²) < 4.78 is 12.7. The molecule has 2 aromatic rings. The predicted molar refractivity (Wildman–Crippen MR) is 59.2 cm³/mol. The third-order valence-corrected chi connectivity index (χ3v) is 2.49. The maximum absolute atomic E-state index is 12.7. The van der Waals surface area contributed by atoms with Gasteiger partial charge in [0.05, 0.1) is 0 Å². The fourth-order valence-electron chi connectivity index (χ4n) is 1.44. The van der Waals surface area contributed by atoms with E-state index in [1.54, 1.807) is 24.5 Å². The monoisotopic (exact) mass is 221 g/mol. The lowest BCUT2D eigenvalue weighted by atomic mass is 10.0. The number of rotatable bonds is 2. The van der Waals surface area contributed by atoms with Crippen molar-refractivity contribution in [2.45, 2.75) is 5.88 Å². The molecule has 0 N–H and O–H groups in total. The van der Waals surface area contributed by atoms with Crippen LogP contribution in [0, 0.1) is 5.82 Å². The summed E-state index contributed by atoms with van der Waals surface area (Å²) in [5.41, 5.74) is 2.90. The first kappa shape index (κ1) is 10.1. The summed E-state index contributed by atoms with van der Waals surface area (Å²) in [5, 5.41) is 0. The van der Waals surface area contributed by atoms with E-state index in [-0.39, 0.29) is 5.82 Å². The third-order valence-electron chi connectivity index (χ3n) is 2.20. The average Bonchev–Trinajstić information content (AvgIpc) is 2.30. The molecule has 0 saturated carbocycles. The first-order valence-corrected chi connectivity index (χ1v) is 5.09. The lowest BCUT2D eigenvalue weighted by molar-refractivity contribution is 0.628. The molecule has 0 radical (unpaired) electrons. The van der Waals surface area contributed by atoms with Crippen LogP contribution in [0.4, 0.5) is 4.39 Å². The maximum atomic E-state index is 12.7.